The van der Waals surface area contributed by atoms with Crippen LogP contribution in [0.15, 0.2) is 12.7 Å². The molecule has 3 nitrogen and oxygen atoms in total. The van der Waals surface area contributed by atoms with E-state index in [4.69, 9.17) is 0 Å². The lowest BCUT2D eigenvalue weighted by molar-refractivity contribution is -0.127. The molecule has 0 fully saturated rings. The van der Waals surface area contributed by atoms with Crippen molar-refractivity contribution in [2.45, 2.75) is 0 Å². The Morgan fingerprint density at radius 3 is 2.88 bits per heavy atom. The van der Waals surface area contributed by atoms with Gasteiger partial charge in [0.1, 0.15) is 0 Å². The monoisotopic (exact) mass is 114 g/mol. The molecule has 0 heterocycles. The Kier molecular flexibility index (Phi) is 3.88. The number of carbonyl (C=O) groups is 1. The summed E-state index contributed by atoms with van der Waals surface area (Å²) in [5, 5.41) is 0. The molecule has 0 spiro atoms. The van der Waals surface area contributed by atoms with Crippen LogP contribution >= 0.6 is 0 Å². The van der Waals surface area contributed by atoms with E-state index in [9.17, 15) is 4.79 Å². The Bertz CT molecular complexity index is 90.4. The van der Waals surface area contributed by atoms with Gasteiger partial charge >= 0.3 is 0 Å². The second-order valence-corrected chi connectivity index (χ2v) is 1.12. The highest BCUT2D eigenvalue weighted by Gasteiger charge is 1.84. The summed E-state index contributed by atoms with van der Waals surface area (Å²) in [4.78, 5) is 14.4. The number of nitrogens with one attached hydrogen (secondary N) is 1. The molecule has 0 aromatic rings. The van der Waals surface area contributed by atoms with E-state index in [0.29, 0.717) is 6.61 Å². The van der Waals surface area contributed by atoms with Crippen LogP contribution in [0.3, 0.4) is 0 Å². The Labute approximate surface area is 48.3 Å². The van der Waals surface area contributed by atoms with Crippen LogP contribution in [0.5, 0.6) is 0 Å². The summed E-state index contributed by atoms with van der Waals surface area (Å²) in [5.74, 6) is -0.452. The van der Waals surface area contributed by atoms with Crippen LogP contribution in [0.4, 0.5) is 0 Å². The predicted molar refractivity (Wildman–Crippen MR) is 29.6 cm³/mol. The first-order chi connectivity index (χ1) is 3.77. The highest BCUT2D eigenvalue weighted by Crippen LogP contribution is 1.66. The van der Waals surface area contributed by atoms with Crippen molar-refractivity contribution in [1.29, 1.82) is 0 Å². The normalized spacial score (nSPS) is 8.12. The average molecular weight is 114 g/mol. The van der Waals surface area contributed by atoms with Gasteiger partial charge in [-0.2, -0.15) is 0 Å². The molecule has 3 heteroatoms. The van der Waals surface area contributed by atoms with Crippen LogP contribution in [0.1, 0.15) is 0 Å². The summed E-state index contributed by atoms with van der Waals surface area (Å²) in [6.07, 6.45) is 1.52. The first kappa shape index (κ1) is 7.17. The smallest absolute Gasteiger partial charge is 0.244 e. The molecular formula is C5H8NO2. The lowest BCUT2D eigenvalue weighted by atomic mass is 10.7. The molecule has 0 saturated heterocycles. The molecule has 45 valence electrons. The Morgan fingerprint density at radius 1 is 1.88 bits per heavy atom. The molecule has 8 heavy (non-hydrogen) atoms. The zero-order chi connectivity index (χ0) is 6.41. The van der Waals surface area contributed by atoms with Crippen molar-refractivity contribution in [2.75, 3.05) is 6.61 Å². The second kappa shape index (κ2) is 4.33. The molecule has 0 bridgehead atoms. The van der Waals surface area contributed by atoms with Gasteiger partial charge in [0.25, 0.3) is 0 Å². The van der Waals surface area contributed by atoms with Crippen LogP contribution < -0.4 is 5.48 Å². The number of hydrogen-bond acceptors (Lipinski definition) is 2. The molecule has 0 atom stereocenters. The first-order valence-electron chi connectivity index (χ1n) is 2.12. The van der Waals surface area contributed by atoms with E-state index in [0.717, 1.165) is 0 Å². The molecule has 0 saturated carbocycles. The fraction of sp³-hybridized carbons (Fsp3) is 0.200. The number of hydrogen-bond donors (Lipinski definition) is 1. The Hall–Kier alpha value is -0.830. The quantitative estimate of drug-likeness (QED) is 0.320. The van der Waals surface area contributed by atoms with Crippen molar-refractivity contribution < 1.29 is 9.63 Å². The third-order valence-corrected chi connectivity index (χ3v) is 0.387. The van der Waals surface area contributed by atoms with E-state index < -0.39 is 5.91 Å². The summed E-state index contributed by atoms with van der Waals surface area (Å²) in [6, 6.07) is 0. The zero-order valence-corrected chi connectivity index (χ0v) is 4.52. The van der Waals surface area contributed by atoms with Gasteiger partial charge < -0.3 is 0 Å². The molecule has 0 aromatic heterocycles. The third kappa shape index (κ3) is 5.17. The third-order valence-electron chi connectivity index (χ3n) is 0.387. The van der Waals surface area contributed by atoms with Crippen LogP contribution in [-0.4, -0.2) is 12.5 Å². The molecule has 0 aliphatic carbocycles. The standard InChI is InChI=1S/C5H8NO2/c1-3-4-8-6-5(2)7/h3H,1-2,4H2,(H,6,7). The van der Waals surface area contributed by atoms with Crippen molar-refractivity contribution in [3.05, 3.63) is 19.6 Å². The molecule has 1 radical (unpaired) electrons. The van der Waals surface area contributed by atoms with Gasteiger partial charge in [-0.15, -0.1) is 6.58 Å². The molecule has 1 N–H and O–H groups in total. The van der Waals surface area contributed by atoms with Crippen molar-refractivity contribution in [3.8, 4) is 0 Å². The molecule has 0 unspecified atom stereocenters. The summed E-state index contributed by atoms with van der Waals surface area (Å²) >= 11 is 0. The average Bonchev–Trinajstić information content (AvgIpc) is 1.66. The molecule has 0 aliphatic heterocycles. The summed E-state index contributed by atoms with van der Waals surface area (Å²) in [5.41, 5.74) is 2.03. The largest absolute Gasteiger partial charge is 0.273 e. The SMILES string of the molecule is [CH2]C(=O)NOCC=C. The van der Waals surface area contributed by atoms with Crippen molar-refractivity contribution in [1.82, 2.24) is 5.48 Å². The lowest BCUT2D eigenvalue weighted by Crippen LogP contribution is -2.20. The number of amides is 1. The van der Waals surface area contributed by atoms with Gasteiger partial charge in [-0.3, -0.25) is 9.63 Å². The van der Waals surface area contributed by atoms with E-state index >= 15 is 0 Å². The van der Waals surface area contributed by atoms with E-state index in [1.54, 1.807) is 0 Å². The highest BCUT2D eigenvalue weighted by molar-refractivity contribution is 5.78. The molecule has 0 rings (SSSR count). The van der Waals surface area contributed by atoms with Gasteiger partial charge in [-0.05, 0) is 0 Å². The van der Waals surface area contributed by atoms with Gasteiger partial charge in [0.05, 0.1) is 6.61 Å². The molecular weight excluding hydrogens is 106 g/mol. The van der Waals surface area contributed by atoms with Crippen molar-refractivity contribution >= 4 is 5.91 Å². The van der Waals surface area contributed by atoms with Gasteiger partial charge in [0, 0.05) is 6.92 Å². The van der Waals surface area contributed by atoms with Crippen LogP contribution in [0, 0.1) is 6.92 Å². The van der Waals surface area contributed by atoms with Gasteiger partial charge in [-0.1, -0.05) is 6.08 Å². The minimum atomic E-state index is -0.452. The van der Waals surface area contributed by atoms with E-state index in [-0.39, 0.29) is 0 Å². The summed E-state index contributed by atoms with van der Waals surface area (Å²) < 4.78 is 0. The second-order valence-electron chi connectivity index (χ2n) is 1.12. The molecule has 0 aromatic carbocycles. The van der Waals surface area contributed by atoms with Crippen molar-refractivity contribution in [3.63, 3.8) is 0 Å². The fourth-order valence-corrected chi connectivity index (χ4v) is 0.181. The first-order valence-corrected chi connectivity index (χ1v) is 2.12. The summed E-state index contributed by atoms with van der Waals surface area (Å²) in [6.45, 7) is 6.67. The van der Waals surface area contributed by atoms with Gasteiger partial charge in [0.15, 0.2) is 0 Å². The van der Waals surface area contributed by atoms with E-state index in [2.05, 4.69) is 18.3 Å². The van der Waals surface area contributed by atoms with Crippen LogP contribution in [0.2, 0.25) is 0 Å². The number of rotatable bonds is 3. The maximum absolute atomic E-state index is 9.94. The maximum atomic E-state index is 9.94. The van der Waals surface area contributed by atoms with Crippen LogP contribution in [-0.2, 0) is 9.63 Å². The topological polar surface area (TPSA) is 38.3 Å². The predicted octanol–water partition coefficient (Wildman–Crippen LogP) is 0.0543. The molecule has 0 aliphatic rings. The minimum absolute atomic E-state index is 0.307. The Morgan fingerprint density at radius 2 is 2.50 bits per heavy atom. The maximum Gasteiger partial charge on any atom is 0.244 e. The van der Waals surface area contributed by atoms with Gasteiger partial charge in [-0.25, -0.2) is 5.48 Å². The van der Waals surface area contributed by atoms with E-state index in [1.165, 1.54) is 6.08 Å². The summed E-state index contributed by atoms with van der Waals surface area (Å²) in [7, 11) is 0. The number of carbonyl (C=O) groups excluding carboxylic acids is 1. The molecule has 1 amide bonds. The Balaban J connectivity index is 2.93. The lowest BCUT2D eigenvalue weighted by Gasteiger charge is -1.96. The fourth-order valence-electron chi connectivity index (χ4n) is 0.181. The van der Waals surface area contributed by atoms with Crippen molar-refractivity contribution in [2.24, 2.45) is 0 Å². The number of hydroxylamine groups is 1. The highest BCUT2D eigenvalue weighted by atomic mass is 16.6. The zero-order valence-electron chi connectivity index (χ0n) is 4.52. The van der Waals surface area contributed by atoms with E-state index in [1.807, 2.05) is 5.48 Å². The van der Waals surface area contributed by atoms with Gasteiger partial charge in [0.2, 0.25) is 5.91 Å². The minimum Gasteiger partial charge on any atom is -0.273 e. The van der Waals surface area contributed by atoms with Crippen LogP contribution in [0.25, 0.3) is 0 Å².